The Balaban J connectivity index is 1.38. The molecule has 1 saturated carbocycles. The van der Waals surface area contributed by atoms with Crippen molar-refractivity contribution in [3.05, 3.63) is 46.3 Å². The van der Waals surface area contributed by atoms with Crippen LogP contribution < -0.4 is 9.62 Å². The summed E-state index contributed by atoms with van der Waals surface area (Å²) in [6.45, 7) is 3.37. The van der Waals surface area contributed by atoms with Gasteiger partial charge in [-0.15, -0.1) is 11.3 Å². The highest BCUT2D eigenvalue weighted by atomic mass is 32.2. The van der Waals surface area contributed by atoms with E-state index >= 15 is 0 Å². The van der Waals surface area contributed by atoms with Gasteiger partial charge in [-0.3, -0.25) is 0 Å². The van der Waals surface area contributed by atoms with Crippen LogP contribution in [0.5, 0.6) is 0 Å². The maximum absolute atomic E-state index is 11.9. The fourth-order valence-corrected chi connectivity index (χ4v) is 6.24. The molecule has 164 valence electrons. The van der Waals surface area contributed by atoms with E-state index in [9.17, 15) is 8.42 Å². The van der Waals surface area contributed by atoms with Gasteiger partial charge in [0.2, 0.25) is 10.0 Å². The lowest BCUT2D eigenvalue weighted by Gasteiger charge is -2.33. The van der Waals surface area contributed by atoms with Crippen molar-refractivity contribution in [2.24, 2.45) is 0 Å². The topological polar surface area (TPSA) is 71.5 Å². The number of benzene rings is 1. The molecule has 1 aliphatic carbocycles. The molecule has 2 atom stereocenters. The van der Waals surface area contributed by atoms with Gasteiger partial charge in [0.25, 0.3) is 0 Å². The van der Waals surface area contributed by atoms with Gasteiger partial charge in [-0.1, -0.05) is 30.3 Å². The SMILES string of the molecule is Cc1scnc1N1CC[C@H](NS(C)(=O)=O)[C@@H]1CO[C@H]1CC[C@@H](c2ccccc2)CC1. The zero-order valence-corrected chi connectivity index (χ0v) is 19.3. The fourth-order valence-electron chi connectivity index (χ4n) is 4.83. The molecular formula is C22H31N3O3S2. The first-order valence-corrected chi connectivity index (χ1v) is 13.5. The predicted octanol–water partition coefficient (Wildman–Crippen LogP) is 3.69. The van der Waals surface area contributed by atoms with E-state index in [4.69, 9.17) is 4.74 Å². The first-order chi connectivity index (χ1) is 14.4. The summed E-state index contributed by atoms with van der Waals surface area (Å²) >= 11 is 1.62. The molecule has 2 fully saturated rings. The van der Waals surface area contributed by atoms with E-state index < -0.39 is 10.0 Å². The van der Waals surface area contributed by atoms with Gasteiger partial charge in [0.15, 0.2) is 0 Å². The number of thiazole rings is 1. The number of hydrogen-bond donors (Lipinski definition) is 1. The second-order valence-electron chi connectivity index (χ2n) is 8.50. The second-order valence-corrected chi connectivity index (χ2v) is 11.3. The molecule has 1 aromatic heterocycles. The Hall–Kier alpha value is -1.48. The van der Waals surface area contributed by atoms with Crippen molar-refractivity contribution in [1.29, 1.82) is 0 Å². The molecule has 0 bridgehead atoms. The van der Waals surface area contributed by atoms with Gasteiger partial charge in [-0.05, 0) is 50.5 Å². The summed E-state index contributed by atoms with van der Waals surface area (Å²) in [4.78, 5) is 7.91. The number of ether oxygens (including phenoxy) is 1. The minimum Gasteiger partial charge on any atom is -0.376 e. The highest BCUT2D eigenvalue weighted by Crippen LogP contribution is 2.35. The average Bonchev–Trinajstić information content (AvgIpc) is 3.31. The number of hydrogen-bond acceptors (Lipinski definition) is 6. The van der Waals surface area contributed by atoms with Crippen LogP contribution in [0.2, 0.25) is 0 Å². The van der Waals surface area contributed by atoms with E-state index in [1.165, 1.54) is 11.8 Å². The third kappa shape index (κ3) is 5.22. The first kappa shape index (κ1) is 21.7. The summed E-state index contributed by atoms with van der Waals surface area (Å²) in [5.74, 6) is 1.57. The van der Waals surface area contributed by atoms with Crippen LogP contribution in [0.25, 0.3) is 0 Å². The molecule has 0 amide bonds. The van der Waals surface area contributed by atoms with E-state index in [1.54, 1.807) is 11.3 Å². The zero-order valence-electron chi connectivity index (χ0n) is 17.7. The summed E-state index contributed by atoms with van der Waals surface area (Å²) in [6.07, 6.45) is 6.60. The molecule has 0 spiro atoms. The minimum atomic E-state index is -3.27. The van der Waals surface area contributed by atoms with Gasteiger partial charge in [0, 0.05) is 17.5 Å². The molecule has 1 N–H and O–H groups in total. The van der Waals surface area contributed by atoms with E-state index in [0.717, 1.165) is 49.3 Å². The Kier molecular flexibility index (Phi) is 6.77. The minimum absolute atomic E-state index is 0.0348. The van der Waals surface area contributed by atoms with Crippen molar-refractivity contribution in [2.45, 2.75) is 63.1 Å². The predicted molar refractivity (Wildman–Crippen MR) is 122 cm³/mol. The molecular weight excluding hydrogens is 418 g/mol. The van der Waals surface area contributed by atoms with Crippen LogP contribution in [0.3, 0.4) is 0 Å². The number of sulfonamides is 1. The quantitative estimate of drug-likeness (QED) is 0.698. The van der Waals surface area contributed by atoms with Crippen LogP contribution in [0, 0.1) is 6.92 Å². The van der Waals surface area contributed by atoms with E-state index in [1.807, 2.05) is 5.51 Å². The van der Waals surface area contributed by atoms with E-state index in [0.29, 0.717) is 12.5 Å². The summed E-state index contributed by atoms with van der Waals surface area (Å²) in [5, 5.41) is 0. The Morgan fingerprint density at radius 1 is 1.17 bits per heavy atom. The van der Waals surface area contributed by atoms with Crippen molar-refractivity contribution in [2.75, 3.05) is 24.3 Å². The van der Waals surface area contributed by atoms with E-state index in [2.05, 4.69) is 51.9 Å². The maximum Gasteiger partial charge on any atom is 0.209 e. The van der Waals surface area contributed by atoms with Gasteiger partial charge in [0.05, 0.1) is 30.5 Å². The van der Waals surface area contributed by atoms with Crippen LogP contribution in [-0.4, -0.2) is 51.0 Å². The molecule has 0 radical (unpaired) electrons. The Morgan fingerprint density at radius 2 is 1.90 bits per heavy atom. The standard InChI is InChI=1S/C22H31N3O3S2/c1-16-22(23-15-29-16)25-13-12-20(24-30(2,26)27)21(25)14-28-19-10-8-18(9-11-19)17-6-4-3-5-7-17/h3-7,15,18-21,24H,8-14H2,1-2H3/t18-,19+,20-,21-/m0/s1. The van der Waals surface area contributed by atoms with Crippen LogP contribution in [0.4, 0.5) is 5.82 Å². The molecule has 1 aromatic carbocycles. The van der Waals surface area contributed by atoms with Crippen LogP contribution in [-0.2, 0) is 14.8 Å². The lowest BCUT2D eigenvalue weighted by molar-refractivity contribution is 0.0156. The van der Waals surface area contributed by atoms with Gasteiger partial charge in [-0.2, -0.15) is 0 Å². The molecule has 6 nitrogen and oxygen atoms in total. The monoisotopic (exact) mass is 449 g/mol. The zero-order chi connectivity index (χ0) is 21.1. The second kappa shape index (κ2) is 9.34. The number of anilines is 1. The van der Waals surface area contributed by atoms with Gasteiger partial charge in [-0.25, -0.2) is 18.1 Å². The highest BCUT2D eigenvalue weighted by molar-refractivity contribution is 7.88. The first-order valence-electron chi connectivity index (χ1n) is 10.7. The fraction of sp³-hybridized carbons (Fsp3) is 0.591. The van der Waals surface area contributed by atoms with Crippen molar-refractivity contribution >= 4 is 27.2 Å². The molecule has 2 heterocycles. The Labute approximate surface area is 183 Å². The molecule has 1 saturated heterocycles. The van der Waals surface area contributed by atoms with Gasteiger partial charge < -0.3 is 9.64 Å². The third-order valence-corrected chi connectivity index (χ3v) is 7.83. The maximum atomic E-state index is 11.9. The summed E-state index contributed by atoms with van der Waals surface area (Å²) in [7, 11) is -3.27. The van der Waals surface area contributed by atoms with Gasteiger partial charge in [0.1, 0.15) is 5.82 Å². The lowest BCUT2D eigenvalue weighted by atomic mass is 9.83. The van der Waals surface area contributed by atoms with Crippen molar-refractivity contribution in [3.63, 3.8) is 0 Å². The molecule has 8 heteroatoms. The van der Waals surface area contributed by atoms with Crippen molar-refractivity contribution < 1.29 is 13.2 Å². The van der Waals surface area contributed by atoms with E-state index in [-0.39, 0.29) is 18.2 Å². The van der Waals surface area contributed by atoms with Gasteiger partial charge >= 0.3 is 0 Å². The molecule has 1 aliphatic heterocycles. The number of rotatable bonds is 7. The number of aryl methyl sites for hydroxylation is 1. The lowest BCUT2D eigenvalue weighted by Crippen LogP contribution is -2.48. The number of nitrogens with one attached hydrogen (secondary N) is 1. The average molecular weight is 450 g/mol. The number of aromatic nitrogens is 1. The smallest absolute Gasteiger partial charge is 0.209 e. The molecule has 4 rings (SSSR count). The largest absolute Gasteiger partial charge is 0.376 e. The molecule has 2 aliphatic rings. The highest BCUT2D eigenvalue weighted by Gasteiger charge is 2.38. The number of nitrogens with zero attached hydrogens (tertiary/aromatic N) is 2. The summed E-state index contributed by atoms with van der Waals surface area (Å²) in [5.41, 5.74) is 3.28. The normalized spacial score (nSPS) is 27.5. The van der Waals surface area contributed by atoms with Crippen LogP contribution in [0.1, 0.15) is 48.5 Å². The van der Waals surface area contributed by atoms with Crippen molar-refractivity contribution in [3.8, 4) is 0 Å². The summed E-state index contributed by atoms with van der Waals surface area (Å²) < 4.78 is 33.0. The van der Waals surface area contributed by atoms with Crippen molar-refractivity contribution in [1.82, 2.24) is 9.71 Å². The van der Waals surface area contributed by atoms with Crippen LogP contribution in [0.15, 0.2) is 35.8 Å². The molecule has 30 heavy (non-hydrogen) atoms. The molecule has 2 aromatic rings. The third-order valence-electron chi connectivity index (χ3n) is 6.35. The summed E-state index contributed by atoms with van der Waals surface area (Å²) in [6, 6.07) is 10.6. The molecule has 0 unspecified atom stereocenters. The Bertz CT molecular complexity index is 924. The Morgan fingerprint density at radius 3 is 2.53 bits per heavy atom. The van der Waals surface area contributed by atoms with Crippen LogP contribution >= 0.6 is 11.3 Å².